The summed E-state index contributed by atoms with van der Waals surface area (Å²) in [6.45, 7) is 6.33. The van der Waals surface area contributed by atoms with Crippen molar-refractivity contribution in [1.82, 2.24) is 9.97 Å². The molecule has 0 amide bonds. The summed E-state index contributed by atoms with van der Waals surface area (Å²) >= 11 is 2.22. The second-order valence-corrected chi connectivity index (χ2v) is 5.38. The van der Waals surface area contributed by atoms with Gasteiger partial charge in [0.05, 0.1) is 17.1 Å². The lowest BCUT2D eigenvalue weighted by Gasteiger charge is -2.11. The molecule has 1 aliphatic rings. The molecule has 78 valence electrons. The third kappa shape index (κ3) is 2.27. The second kappa shape index (κ2) is 3.70. The van der Waals surface area contributed by atoms with Crippen molar-refractivity contribution in [2.75, 3.05) is 0 Å². The molecule has 0 N–H and O–H groups in total. The Labute approximate surface area is 104 Å². The Morgan fingerprint density at radius 2 is 1.60 bits per heavy atom. The number of halogens is 1. The maximum absolute atomic E-state index is 4.53. The van der Waals surface area contributed by atoms with Crippen LogP contribution in [0.2, 0.25) is 0 Å². The smallest absolute Gasteiger partial charge is 0.123 e. The number of hydrogen-bond acceptors (Lipinski definition) is 2. The van der Waals surface area contributed by atoms with Crippen LogP contribution in [0.25, 0.3) is 12.2 Å². The summed E-state index contributed by atoms with van der Waals surface area (Å²) in [6.07, 6.45) is 8.45. The Kier molecular flexibility index (Phi) is 2.66. The minimum atomic E-state index is 0.0850. The highest BCUT2D eigenvalue weighted by molar-refractivity contribution is 14.1. The van der Waals surface area contributed by atoms with Gasteiger partial charge in [0.25, 0.3) is 0 Å². The van der Waals surface area contributed by atoms with Gasteiger partial charge < -0.3 is 0 Å². The zero-order valence-electron chi connectivity index (χ0n) is 9.08. The monoisotopic (exact) mass is 312 g/mol. The number of fused-ring (bicyclic) bond motifs is 1. The molecule has 0 unspecified atom stereocenters. The molecule has 15 heavy (non-hydrogen) atoms. The van der Waals surface area contributed by atoms with Gasteiger partial charge in [-0.3, -0.25) is 0 Å². The molecule has 2 nitrogen and oxygen atoms in total. The van der Waals surface area contributed by atoms with Crippen molar-refractivity contribution in [1.29, 1.82) is 0 Å². The standard InChI is InChI=1S/C12H13IN2/c1-8-11(13)15-10-5-7-12(2,3)6-4-9(10)14-8/h4-7H,1-3H3. The minimum Gasteiger partial charge on any atom is -0.249 e. The van der Waals surface area contributed by atoms with Crippen LogP contribution in [0.4, 0.5) is 0 Å². The van der Waals surface area contributed by atoms with E-state index in [-0.39, 0.29) is 5.41 Å². The van der Waals surface area contributed by atoms with Gasteiger partial charge in [0.15, 0.2) is 0 Å². The van der Waals surface area contributed by atoms with E-state index in [4.69, 9.17) is 0 Å². The molecule has 1 heterocycles. The third-order valence-corrected chi connectivity index (χ3v) is 3.43. The van der Waals surface area contributed by atoms with Crippen LogP contribution in [-0.4, -0.2) is 9.97 Å². The summed E-state index contributed by atoms with van der Waals surface area (Å²) in [4.78, 5) is 9.06. The fourth-order valence-corrected chi connectivity index (χ4v) is 1.80. The van der Waals surface area contributed by atoms with Crippen LogP contribution in [0.3, 0.4) is 0 Å². The summed E-state index contributed by atoms with van der Waals surface area (Å²) in [6, 6.07) is 0. The van der Waals surface area contributed by atoms with E-state index in [1.54, 1.807) is 0 Å². The Morgan fingerprint density at radius 1 is 1.07 bits per heavy atom. The van der Waals surface area contributed by atoms with Crippen molar-refractivity contribution in [3.05, 3.63) is 32.9 Å². The predicted octanol–water partition coefficient (Wildman–Crippen LogP) is 3.46. The first-order valence-electron chi connectivity index (χ1n) is 4.90. The molecule has 1 aliphatic carbocycles. The highest BCUT2D eigenvalue weighted by Gasteiger charge is 2.14. The van der Waals surface area contributed by atoms with Gasteiger partial charge in [-0.15, -0.1) is 0 Å². The van der Waals surface area contributed by atoms with Crippen molar-refractivity contribution in [2.24, 2.45) is 5.41 Å². The largest absolute Gasteiger partial charge is 0.249 e. The van der Waals surface area contributed by atoms with E-state index < -0.39 is 0 Å². The van der Waals surface area contributed by atoms with E-state index >= 15 is 0 Å². The maximum Gasteiger partial charge on any atom is 0.123 e. The van der Waals surface area contributed by atoms with E-state index in [0.29, 0.717) is 0 Å². The fourth-order valence-electron chi connectivity index (χ4n) is 1.42. The lowest BCUT2D eigenvalue weighted by Crippen LogP contribution is -2.00. The lowest BCUT2D eigenvalue weighted by atomic mass is 9.93. The zero-order valence-corrected chi connectivity index (χ0v) is 11.2. The summed E-state index contributed by atoms with van der Waals surface area (Å²) in [5.74, 6) is 0. The van der Waals surface area contributed by atoms with Gasteiger partial charge in [-0.25, -0.2) is 9.97 Å². The molecule has 1 aromatic heterocycles. The van der Waals surface area contributed by atoms with Gasteiger partial charge in [-0.1, -0.05) is 26.0 Å². The average molecular weight is 312 g/mol. The van der Waals surface area contributed by atoms with Crippen molar-refractivity contribution < 1.29 is 0 Å². The number of nitrogens with zero attached hydrogens (tertiary/aromatic N) is 2. The molecule has 0 saturated carbocycles. The third-order valence-electron chi connectivity index (χ3n) is 2.41. The lowest BCUT2D eigenvalue weighted by molar-refractivity contribution is 0.633. The number of aryl methyl sites for hydroxylation is 1. The Bertz CT molecular complexity index is 418. The number of allylic oxidation sites excluding steroid dienone is 2. The maximum atomic E-state index is 4.53. The Balaban J connectivity index is 2.58. The molecule has 0 aliphatic heterocycles. The van der Waals surface area contributed by atoms with E-state index in [1.165, 1.54) is 0 Å². The van der Waals surface area contributed by atoms with Crippen molar-refractivity contribution >= 4 is 34.7 Å². The van der Waals surface area contributed by atoms with Crippen molar-refractivity contribution in [2.45, 2.75) is 20.8 Å². The van der Waals surface area contributed by atoms with Crippen LogP contribution in [0.1, 0.15) is 30.9 Å². The normalized spacial score (nSPS) is 17.3. The SMILES string of the molecule is Cc1nc2c(nc1I)C=CC(C)(C)C=C2. The van der Waals surface area contributed by atoms with Crippen LogP contribution in [-0.2, 0) is 0 Å². The van der Waals surface area contributed by atoms with Gasteiger partial charge in [0.1, 0.15) is 3.70 Å². The van der Waals surface area contributed by atoms with Crippen molar-refractivity contribution in [3.63, 3.8) is 0 Å². The first-order chi connectivity index (χ1) is 6.98. The first kappa shape index (κ1) is 10.8. The molecular weight excluding hydrogens is 299 g/mol. The molecule has 0 radical (unpaired) electrons. The van der Waals surface area contributed by atoms with Crippen LogP contribution >= 0.6 is 22.6 Å². The summed E-state index contributed by atoms with van der Waals surface area (Å²) < 4.78 is 0.976. The molecular formula is C12H13IN2. The first-order valence-corrected chi connectivity index (χ1v) is 5.98. The van der Waals surface area contributed by atoms with Crippen LogP contribution in [0.5, 0.6) is 0 Å². The van der Waals surface area contributed by atoms with Crippen LogP contribution in [0, 0.1) is 16.0 Å². The Morgan fingerprint density at radius 3 is 2.20 bits per heavy atom. The minimum absolute atomic E-state index is 0.0850. The quantitative estimate of drug-likeness (QED) is 0.686. The fraction of sp³-hybridized carbons (Fsp3) is 0.333. The molecule has 1 aromatic rings. The molecule has 2 rings (SSSR count). The summed E-state index contributed by atoms with van der Waals surface area (Å²) in [5.41, 5.74) is 3.01. The predicted molar refractivity (Wildman–Crippen MR) is 71.3 cm³/mol. The second-order valence-electron chi connectivity index (χ2n) is 4.36. The van der Waals surface area contributed by atoms with Gasteiger partial charge in [0.2, 0.25) is 0 Å². The average Bonchev–Trinajstić information content (AvgIpc) is 2.29. The topological polar surface area (TPSA) is 25.8 Å². The molecule has 0 atom stereocenters. The summed E-state index contributed by atoms with van der Waals surface area (Å²) in [7, 11) is 0. The summed E-state index contributed by atoms with van der Waals surface area (Å²) in [5, 5.41) is 0. The van der Waals surface area contributed by atoms with Gasteiger partial charge in [0, 0.05) is 5.41 Å². The van der Waals surface area contributed by atoms with Crippen LogP contribution < -0.4 is 0 Å². The van der Waals surface area contributed by atoms with E-state index in [0.717, 1.165) is 20.8 Å². The van der Waals surface area contributed by atoms with Gasteiger partial charge in [-0.2, -0.15) is 0 Å². The zero-order chi connectivity index (χ0) is 11.1. The number of rotatable bonds is 0. The van der Waals surface area contributed by atoms with Gasteiger partial charge in [-0.05, 0) is 41.7 Å². The molecule has 3 heteroatoms. The molecule has 0 fully saturated rings. The highest BCUT2D eigenvalue weighted by atomic mass is 127. The number of hydrogen-bond donors (Lipinski definition) is 0. The van der Waals surface area contributed by atoms with E-state index in [2.05, 4.69) is 70.7 Å². The molecule has 0 aromatic carbocycles. The van der Waals surface area contributed by atoms with Crippen molar-refractivity contribution in [3.8, 4) is 0 Å². The van der Waals surface area contributed by atoms with Crippen LogP contribution in [0.15, 0.2) is 12.2 Å². The van der Waals surface area contributed by atoms with Gasteiger partial charge >= 0.3 is 0 Å². The number of aromatic nitrogens is 2. The Hall–Kier alpha value is -0.710. The molecule has 0 spiro atoms. The molecule has 0 saturated heterocycles. The molecule has 0 bridgehead atoms. The van der Waals surface area contributed by atoms with E-state index in [1.807, 2.05) is 6.92 Å². The highest BCUT2D eigenvalue weighted by Crippen LogP contribution is 2.26. The van der Waals surface area contributed by atoms with E-state index in [9.17, 15) is 0 Å².